The van der Waals surface area contributed by atoms with Crippen LogP contribution in [0.15, 0.2) is 30.3 Å². The average molecular weight is 265 g/mol. The van der Waals surface area contributed by atoms with E-state index in [9.17, 15) is 9.90 Å². The Labute approximate surface area is 110 Å². The van der Waals surface area contributed by atoms with E-state index in [1.54, 1.807) is 16.7 Å². The van der Waals surface area contributed by atoms with E-state index >= 15 is 0 Å². The minimum atomic E-state index is -0.238. The third-order valence-corrected chi connectivity index (χ3v) is 3.12. The van der Waals surface area contributed by atoms with Crippen LogP contribution in [-0.4, -0.2) is 15.6 Å². The van der Waals surface area contributed by atoms with Gasteiger partial charge in [0.25, 0.3) is 5.91 Å². The number of nitrogens with zero attached hydrogens (tertiary/aromatic N) is 1. The monoisotopic (exact) mass is 264 g/mol. The maximum atomic E-state index is 12.0. The van der Waals surface area contributed by atoms with E-state index in [2.05, 4.69) is 5.32 Å². The zero-order valence-electron chi connectivity index (χ0n) is 10.1. The molecule has 2 rings (SSSR count). The van der Waals surface area contributed by atoms with Gasteiger partial charge in [-0.15, -0.1) is 0 Å². The molecule has 0 saturated heterocycles. The lowest BCUT2D eigenvalue weighted by Gasteiger charge is -2.08. The molecule has 1 aromatic heterocycles. The van der Waals surface area contributed by atoms with Crippen molar-refractivity contribution >= 4 is 23.2 Å². The molecule has 18 heavy (non-hydrogen) atoms. The molecule has 0 aliphatic carbocycles. The number of benzene rings is 1. The van der Waals surface area contributed by atoms with Crippen LogP contribution in [0.3, 0.4) is 0 Å². The first-order chi connectivity index (χ1) is 8.49. The fourth-order valence-corrected chi connectivity index (χ4v) is 1.85. The summed E-state index contributed by atoms with van der Waals surface area (Å²) < 4.78 is 1.80. The molecule has 0 atom stereocenters. The van der Waals surface area contributed by atoms with E-state index in [1.807, 2.05) is 20.0 Å². The van der Waals surface area contributed by atoms with E-state index in [0.29, 0.717) is 16.4 Å². The number of carbonyl (C=O) groups is 1. The molecule has 0 bridgehead atoms. The maximum absolute atomic E-state index is 12.0. The van der Waals surface area contributed by atoms with E-state index < -0.39 is 0 Å². The van der Waals surface area contributed by atoms with Gasteiger partial charge in [0.15, 0.2) is 0 Å². The number of phenolic OH excluding ortho intramolecular Hbond substituents is 1. The Morgan fingerprint density at radius 1 is 1.33 bits per heavy atom. The quantitative estimate of drug-likeness (QED) is 0.820. The molecule has 0 aliphatic rings. The summed E-state index contributed by atoms with van der Waals surface area (Å²) in [6, 6.07) is 8.03. The molecule has 1 heterocycles. The number of amides is 1. The zero-order valence-corrected chi connectivity index (χ0v) is 10.8. The first kappa shape index (κ1) is 12.5. The second kappa shape index (κ2) is 4.74. The lowest BCUT2D eigenvalue weighted by Crippen LogP contribution is -2.16. The predicted octanol–water partition coefficient (Wildman–Crippen LogP) is 2.94. The molecule has 2 N–H and O–H groups in total. The van der Waals surface area contributed by atoms with Crippen molar-refractivity contribution in [2.75, 3.05) is 5.32 Å². The summed E-state index contributed by atoms with van der Waals surface area (Å²) in [5.74, 6) is -0.175. The average Bonchev–Trinajstić information content (AvgIpc) is 2.64. The molecule has 0 spiro atoms. The Bertz CT molecular complexity index is 605. The number of anilines is 1. The summed E-state index contributed by atoms with van der Waals surface area (Å²) >= 11 is 5.92. The first-order valence-electron chi connectivity index (χ1n) is 5.41. The SMILES string of the molecule is Cc1ccc(C(=O)Nc2ccc(O)cc2Cl)n1C. The Kier molecular flexibility index (Phi) is 3.30. The van der Waals surface area contributed by atoms with E-state index in [-0.39, 0.29) is 11.7 Å². The standard InChI is InChI=1S/C13H13ClN2O2/c1-8-3-6-12(16(8)2)13(18)15-11-5-4-9(17)7-10(11)14/h3-7,17H,1-2H3,(H,15,18). The van der Waals surface area contributed by atoms with Gasteiger partial charge in [-0.25, -0.2) is 0 Å². The van der Waals surface area contributed by atoms with Gasteiger partial charge in [-0.05, 0) is 31.2 Å². The van der Waals surface area contributed by atoms with E-state index in [4.69, 9.17) is 11.6 Å². The number of hydrogen-bond acceptors (Lipinski definition) is 2. The molecule has 0 aliphatic heterocycles. The van der Waals surface area contributed by atoms with Crippen molar-refractivity contribution in [3.63, 3.8) is 0 Å². The number of nitrogens with one attached hydrogen (secondary N) is 1. The molecule has 94 valence electrons. The van der Waals surface area contributed by atoms with Gasteiger partial charge >= 0.3 is 0 Å². The van der Waals surface area contributed by atoms with Crippen LogP contribution in [0.2, 0.25) is 5.02 Å². The third-order valence-electron chi connectivity index (χ3n) is 2.81. The molecule has 1 amide bonds. The van der Waals surface area contributed by atoms with Gasteiger partial charge in [-0.2, -0.15) is 0 Å². The van der Waals surface area contributed by atoms with Gasteiger partial charge in [0, 0.05) is 18.8 Å². The number of aryl methyl sites for hydroxylation is 1. The number of halogens is 1. The van der Waals surface area contributed by atoms with Gasteiger partial charge in [0.2, 0.25) is 0 Å². The first-order valence-corrected chi connectivity index (χ1v) is 5.79. The highest BCUT2D eigenvalue weighted by Crippen LogP contribution is 2.26. The van der Waals surface area contributed by atoms with Crippen LogP contribution in [0.5, 0.6) is 5.75 Å². The molecule has 0 fully saturated rings. The van der Waals surface area contributed by atoms with Crippen LogP contribution < -0.4 is 5.32 Å². The molecule has 5 heteroatoms. The van der Waals surface area contributed by atoms with Crippen molar-refractivity contribution in [1.29, 1.82) is 0 Å². The van der Waals surface area contributed by atoms with Crippen molar-refractivity contribution in [2.45, 2.75) is 6.92 Å². The van der Waals surface area contributed by atoms with Gasteiger partial charge in [0.1, 0.15) is 11.4 Å². The topological polar surface area (TPSA) is 54.3 Å². The summed E-state index contributed by atoms with van der Waals surface area (Å²) in [6.45, 7) is 1.92. The number of aromatic hydroxyl groups is 1. The Balaban J connectivity index is 2.24. The summed E-state index contributed by atoms with van der Waals surface area (Å²) in [4.78, 5) is 12.0. The van der Waals surface area contributed by atoms with Gasteiger partial charge < -0.3 is 15.0 Å². The molecule has 0 unspecified atom stereocenters. The Hall–Kier alpha value is -1.94. The maximum Gasteiger partial charge on any atom is 0.272 e. The molecular formula is C13H13ClN2O2. The molecule has 0 radical (unpaired) electrons. The lowest BCUT2D eigenvalue weighted by molar-refractivity contribution is 0.101. The highest BCUT2D eigenvalue weighted by molar-refractivity contribution is 6.34. The van der Waals surface area contributed by atoms with Crippen molar-refractivity contribution < 1.29 is 9.90 Å². The van der Waals surface area contributed by atoms with Gasteiger partial charge in [0.05, 0.1) is 10.7 Å². The smallest absolute Gasteiger partial charge is 0.272 e. The number of carbonyl (C=O) groups excluding carboxylic acids is 1. The van der Waals surface area contributed by atoms with Gasteiger partial charge in [-0.3, -0.25) is 4.79 Å². The molecule has 2 aromatic rings. The highest BCUT2D eigenvalue weighted by Gasteiger charge is 2.12. The highest BCUT2D eigenvalue weighted by atomic mass is 35.5. The largest absolute Gasteiger partial charge is 0.508 e. The minimum absolute atomic E-state index is 0.0627. The second-order valence-electron chi connectivity index (χ2n) is 4.04. The van der Waals surface area contributed by atoms with Gasteiger partial charge in [-0.1, -0.05) is 11.6 Å². The summed E-state index contributed by atoms with van der Waals surface area (Å²) in [6.07, 6.45) is 0. The summed E-state index contributed by atoms with van der Waals surface area (Å²) in [5, 5.41) is 12.2. The Morgan fingerprint density at radius 2 is 2.06 bits per heavy atom. The fourth-order valence-electron chi connectivity index (χ4n) is 1.63. The van der Waals surface area contributed by atoms with Crippen molar-refractivity contribution in [3.8, 4) is 5.75 Å². The fraction of sp³-hybridized carbons (Fsp3) is 0.154. The van der Waals surface area contributed by atoms with Crippen LogP contribution in [0.25, 0.3) is 0 Å². The lowest BCUT2D eigenvalue weighted by atomic mass is 10.3. The normalized spacial score (nSPS) is 10.4. The number of rotatable bonds is 2. The predicted molar refractivity (Wildman–Crippen MR) is 71.2 cm³/mol. The van der Waals surface area contributed by atoms with Crippen LogP contribution in [-0.2, 0) is 7.05 Å². The van der Waals surface area contributed by atoms with E-state index in [1.165, 1.54) is 12.1 Å². The summed E-state index contributed by atoms with van der Waals surface area (Å²) in [5.41, 5.74) is 2.02. The van der Waals surface area contributed by atoms with Crippen LogP contribution in [0.4, 0.5) is 5.69 Å². The number of aromatic nitrogens is 1. The molecule has 1 aromatic carbocycles. The third kappa shape index (κ3) is 2.33. The second-order valence-corrected chi connectivity index (χ2v) is 4.44. The molecular weight excluding hydrogens is 252 g/mol. The van der Waals surface area contributed by atoms with E-state index in [0.717, 1.165) is 5.69 Å². The van der Waals surface area contributed by atoms with Crippen LogP contribution >= 0.6 is 11.6 Å². The van der Waals surface area contributed by atoms with Crippen molar-refractivity contribution in [2.24, 2.45) is 7.05 Å². The minimum Gasteiger partial charge on any atom is -0.508 e. The molecule has 0 saturated carbocycles. The molecule has 4 nitrogen and oxygen atoms in total. The summed E-state index contributed by atoms with van der Waals surface area (Å²) in [7, 11) is 1.82. The Morgan fingerprint density at radius 3 is 2.61 bits per heavy atom. The number of phenols is 1. The zero-order chi connectivity index (χ0) is 13.3. The van der Waals surface area contributed by atoms with Crippen LogP contribution in [0, 0.1) is 6.92 Å². The van der Waals surface area contributed by atoms with Crippen molar-refractivity contribution in [1.82, 2.24) is 4.57 Å². The van der Waals surface area contributed by atoms with Crippen LogP contribution in [0.1, 0.15) is 16.2 Å². The number of hydrogen-bond donors (Lipinski definition) is 2. The van der Waals surface area contributed by atoms with Crippen molar-refractivity contribution in [3.05, 3.63) is 46.7 Å².